The maximum atomic E-state index is 9.97. The number of hydrogen-bond donors (Lipinski definition) is 1. The minimum absolute atomic E-state index is 0.522. The summed E-state index contributed by atoms with van der Waals surface area (Å²) in [6, 6.07) is 7.70. The first kappa shape index (κ1) is 11.1. The molecule has 0 aliphatic carbocycles. The van der Waals surface area contributed by atoms with Crippen molar-refractivity contribution in [1.29, 1.82) is 0 Å². The Morgan fingerprint density at radius 1 is 1.44 bits per heavy atom. The average Bonchev–Trinajstić information content (AvgIpc) is 2.83. The third-order valence-corrected chi connectivity index (χ3v) is 3.00. The third kappa shape index (κ3) is 2.40. The molecular weight excluding hydrogens is 222 g/mol. The SMILES string of the molecule is COc1ccccc1CC(O)c1cscn1. The molecule has 0 spiro atoms. The van der Waals surface area contributed by atoms with Crippen LogP contribution in [0.2, 0.25) is 0 Å². The van der Waals surface area contributed by atoms with Crippen molar-refractivity contribution < 1.29 is 9.84 Å². The quantitative estimate of drug-likeness (QED) is 0.885. The summed E-state index contributed by atoms with van der Waals surface area (Å²) >= 11 is 1.49. The molecule has 84 valence electrons. The smallest absolute Gasteiger partial charge is 0.122 e. The number of methoxy groups -OCH3 is 1. The maximum Gasteiger partial charge on any atom is 0.122 e. The zero-order valence-electron chi connectivity index (χ0n) is 8.96. The number of aliphatic hydroxyl groups excluding tert-OH is 1. The average molecular weight is 235 g/mol. The lowest BCUT2D eigenvalue weighted by molar-refractivity contribution is 0.173. The molecule has 0 bridgehead atoms. The molecule has 1 unspecified atom stereocenters. The van der Waals surface area contributed by atoms with Gasteiger partial charge in [-0.1, -0.05) is 18.2 Å². The molecular formula is C12H13NO2S. The molecule has 1 N–H and O–H groups in total. The fourth-order valence-corrected chi connectivity index (χ4v) is 2.17. The highest BCUT2D eigenvalue weighted by atomic mass is 32.1. The fourth-order valence-electron chi connectivity index (χ4n) is 1.57. The van der Waals surface area contributed by atoms with Crippen molar-refractivity contribution >= 4 is 11.3 Å². The molecule has 0 amide bonds. The van der Waals surface area contributed by atoms with Gasteiger partial charge < -0.3 is 9.84 Å². The predicted molar refractivity (Wildman–Crippen MR) is 63.8 cm³/mol. The molecule has 0 fully saturated rings. The van der Waals surface area contributed by atoms with Gasteiger partial charge in [-0.15, -0.1) is 11.3 Å². The molecule has 1 aromatic heterocycles. The number of rotatable bonds is 4. The van der Waals surface area contributed by atoms with Crippen LogP contribution >= 0.6 is 11.3 Å². The van der Waals surface area contributed by atoms with E-state index in [1.807, 2.05) is 29.6 Å². The predicted octanol–water partition coefficient (Wildman–Crippen LogP) is 2.43. The van der Waals surface area contributed by atoms with Crippen LogP contribution in [0.4, 0.5) is 0 Å². The second kappa shape index (κ2) is 5.09. The van der Waals surface area contributed by atoms with E-state index in [-0.39, 0.29) is 0 Å². The first-order valence-electron chi connectivity index (χ1n) is 4.99. The summed E-state index contributed by atoms with van der Waals surface area (Å²) in [7, 11) is 1.63. The van der Waals surface area contributed by atoms with E-state index in [1.54, 1.807) is 12.6 Å². The van der Waals surface area contributed by atoms with Crippen molar-refractivity contribution in [2.45, 2.75) is 12.5 Å². The van der Waals surface area contributed by atoms with Crippen LogP contribution in [0, 0.1) is 0 Å². The normalized spacial score (nSPS) is 12.4. The van der Waals surface area contributed by atoms with E-state index in [0.29, 0.717) is 6.42 Å². The number of ether oxygens (including phenoxy) is 1. The van der Waals surface area contributed by atoms with E-state index < -0.39 is 6.10 Å². The van der Waals surface area contributed by atoms with Gasteiger partial charge in [0.05, 0.1) is 18.3 Å². The zero-order chi connectivity index (χ0) is 11.4. The molecule has 1 aromatic carbocycles. The van der Waals surface area contributed by atoms with E-state index in [4.69, 9.17) is 4.74 Å². The number of benzene rings is 1. The number of nitrogens with zero attached hydrogens (tertiary/aromatic N) is 1. The molecule has 2 rings (SSSR count). The summed E-state index contributed by atoms with van der Waals surface area (Å²) in [4.78, 5) is 4.10. The Balaban J connectivity index is 2.14. The van der Waals surface area contributed by atoms with Gasteiger partial charge in [0.15, 0.2) is 0 Å². The van der Waals surface area contributed by atoms with Crippen molar-refractivity contribution in [2.75, 3.05) is 7.11 Å². The van der Waals surface area contributed by atoms with E-state index in [9.17, 15) is 5.11 Å². The molecule has 0 radical (unpaired) electrons. The number of aromatic nitrogens is 1. The number of para-hydroxylation sites is 1. The van der Waals surface area contributed by atoms with E-state index in [2.05, 4.69) is 4.98 Å². The Bertz CT molecular complexity index is 442. The summed E-state index contributed by atoms with van der Waals surface area (Å²) in [6.45, 7) is 0. The summed E-state index contributed by atoms with van der Waals surface area (Å²) in [6.07, 6.45) is -0.0455. The number of thiazole rings is 1. The van der Waals surface area contributed by atoms with E-state index in [1.165, 1.54) is 11.3 Å². The minimum Gasteiger partial charge on any atom is -0.496 e. The highest BCUT2D eigenvalue weighted by molar-refractivity contribution is 7.07. The van der Waals surface area contributed by atoms with Crippen LogP contribution in [-0.4, -0.2) is 17.2 Å². The lowest BCUT2D eigenvalue weighted by Crippen LogP contribution is -2.03. The largest absolute Gasteiger partial charge is 0.496 e. The van der Waals surface area contributed by atoms with Gasteiger partial charge in [-0.25, -0.2) is 4.98 Å². The minimum atomic E-state index is -0.567. The van der Waals surface area contributed by atoms with Crippen LogP contribution in [0.3, 0.4) is 0 Å². The Kier molecular flexibility index (Phi) is 3.54. The molecule has 1 atom stereocenters. The molecule has 0 aliphatic heterocycles. The van der Waals surface area contributed by atoms with Crippen molar-refractivity contribution in [3.05, 3.63) is 46.4 Å². The highest BCUT2D eigenvalue weighted by Gasteiger charge is 2.12. The monoisotopic (exact) mass is 235 g/mol. The lowest BCUT2D eigenvalue weighted by Gasteiger charge is -2.11. The molecule has 16 heavy (non-hydrogen) atoms. The van der Waals surface area contributed by atoms with Gasteiger partial charge in [0, 0.05) is 11.8 Å². The Morgan fingerprint density at radius 3 is 2.94 bits per heavy atom. The summed E-state index contributed by atoms with van der Waals surface area (Å²) in [5, 5.41) is 11.8. The van der Waals surface area contributed by atoms with Crippen molar-refractivity contribution in [1.82, 2.24) is 4.98 Å². The van der Waals surface area contributed by atoms with Gasteiger partial charge in [-0.2, -0.15) is 0 Å². The van der Waals surface area contributed by atoms with Crippen LogP contribution < -0.4 is 4.74 Å². The standard InChI is InChI=1S/C12H13NO2S/c1-15-12-5-3-2-4-9(12)6-11(14)10-7-16-8-13-10/h2-5,7-8,11,14H,6H2,1H3. The van der Waals surface area contributed by atoms with Crippen molar-refractivity contribution in [3.63, 3.8) is 0 Å². The number of aliphatic hydroxyl groups is 1. The summed E-state index contributed by atoms with van der Waals surface area (Å²) < 4.78 is 5.23. The van der Waals surface area contributed by atoms with Crippen LogP contribution in [-0.2, 0) is 6.42 Å². The van der Waals surface area contributed by atoms with E-state index in [0.717, 1.165) is 17.0 Å². The summed E-state index contributed by atoms with van der Waals surface area (Å²) in [5.74, 6) is 0.803. The fraction of sp³-hybridized carbons (Fsp3) is 0.250. The van der Waals surface area contributed by atoms with Crippen LogP contribution in [0.25, 0.3) is 0 Å². The Hall–Kier alpha value is -1.39. The first-order chi connectivity index (χ1) is 7.81. The third-order valence-electron chi connectivity index (χ3n) is 2.40. The van der Waals surface area contributed by atoms with Crippen LogP contribution in [0.15, 0.2) is 35.2 Å². The van der Waals surface area contributed by atoms with Gasteiger partial charge in [0.25, 0.3) is 0 Å². The second-order valence-electron chi connectivity index (χ2n) is 3.45. The first-order valence-corrected chi connectivity index (χ1v) is 5.93. The van der Waals surface area contributed by atoms with Gasteiger partial charge in [-0.3, -0.25) is 0 Å². The molecule has 0 saturated carbocycles. The highest BCUT2D eigenvalue weighted by Crippen LogP contribution is 2.24. The molecule has 0 saturated heterocycles. The molecule has 0 aliphatic rings. The molecule has 3 nitrogen and oxygen atoms in total. The maximum absolute atomic E-state index is 9.97. The van der Waals surface area contributed by atoms with Crippen LogP contribution in [0.5, 0.6) is 5.75 Å². The van der Waals surface area contributed by atoms with Crippen molar-refractivity contribution in [3.8, 4) is 5.75 Å². The number of hydrogen-bond acceptors (Lipinski definition) is 4. The van der Waals surface area contributed by atoms with Gasteiger partial charge in [-0.05, 0) is 11.6 Å². The summed E-state index contributed by atoms with van der Waals surface area (Å²) in [5.41, 5.74) is 3.43. The Morgan fingerprint density at radius 2 is 2.25 bits per heavy atom. The van der Waals surface area contributed by atoms with Gasteiger partial charge in [0.2, 0.25) is 0 Å². The molecule has 1 heterocycles. The van der Waals surface area contributed by atoms with Crippen molar-refractivity contribution in [2.24, 2.45) is 0 Å². The lowest BCUT2D eigenvalue weighted by atomic mass is 10.1. The zero-order valence-corrected chi connectivity index (χ0v) is 9.78. The van der Waals surface area contributed by atoms with Gasteiger partial charge >= 0.3 is 0 Å². The molecule has 4 heteroatoms. The van der Waals surface area contributed by atoms with E-state index >= 15 is 0 Å². The topological polar surface area (TPSA) is 42.4 Å². The van der Waals surface area contributed by atoms with Crippen LogP contribution in [0.1, 0.15) is 17.4 Å². The molecule has 2 aromatic rings. The van der Waals surface area contributed by atoms with Gasteiger partial charge in [0.1, 0.15) is 11.9 Å². The second-order valence-corrected chi connectivity index (χ2v) is 4.16. The Labute approximate surface area is 98.4 Å².